The van der Waals surface area contributed by atoms with Crippen LogP contribution in [0.15, 0.2) is 35.1 Å². The lowest BCUT2D eigenvalue weighted by atomic mass is 10.2. The van der Waals surface area contributed by atoms with Crippen LogP contribution in [-0.4, -0.2) is 15.3 Å². The van der Waals surface area contributed by atoms with Crippen LogP contribution in [0.25, 0.3) is 0 Å². The first-order valence-corrected chi connectivity index (χ1v) is 4.43. The van der Waals surface area contributed by atoms with E-state index in [-0.39, 0.29) is 18.2 Å². The molecule has 5 heteroatoms. The maximum absolute atomic E-state index is 11.1. The van der Waals surface area contributed by atoms with Gasteiger partial charge in [0.25, 0.3) is 5.88 Å². The summed E-state index contributed by atoms with van der Waals surface area (Å²) in [5, 5.41) is 13.7. The molecule has 1 aromatic carbocycles. The van der Waals surface area contributed by atoms with Gasteiger partial charge in [-0.15, -0.1) is 0 Å². The molecule has 0 radical (unpaired) electrons. The summed E-state index contributed by atoms with van der Waals surface area (Å²) in [7, 11) is 0. The highest BCUT2D eigenvalue weighted by Crippen LogP contribution is 2.17. The summed E-state index contributed by atoms with van der Waals surface area (Å²) in [5.41, 5.74) is 0.459. The Kier molecular flexibility index (Phi) is 2.45. The molecule has 2 rings (SSSR count). The Morgan fingerprint density at radius 2 is 1.93 bits per heavy atom. The normalized spacial score (nSPS) is 10.1. The minimum atomic E-state index is -0.469. The van der Waals surface area contributed by atoms with Crippen molar-refractivity contribution in [3.8, 4) is 11.6 Å². The lowest BCUT2D eigenvalue weighted by Gasteiger charge is -2.02. The molecule has 0 saturated carbocycles. The molecule has 0 aliphatic heterocycles. The maximum atomic E-state index is 11.1. The molecule has 3 N–H and O–H groups in total. The maximum Gasteiger partial charge on any atom is 0.310 e. The molecule has 0 bridgehead atoms. The van der Waals surface area contributed by atoms with Crippen LogP contribution in [0, 0.1) is 0 Å². The van der Waals surface area contributed by atoms with E-state index in [2.05, 4.69) is 10.2 Å². The molecule has 1 heterocycles. The number of aromatic nitrogens is 2. The molecule has 0 saturated heterocycles. The van der Waals surface area contributed by atoms with Gasteiger partial charge in [-0.25, -0.2) is 0 Å². The highest BCUT2D eigenvalue weighted by Gasteiger charge is 2.09. The van der Waals surface area contributed by atoms with Crippen molar-refractivity contribution in [2.24, 2.45) is 0 Å². The van der Waals surface area contributed by atoms with Crippen molar-refractivity contribution in [1.82, 2.24) is 10.2 Å². The zero-order chi connectivity index (χ0) is 10.7. The fourth-order valence-corrected chi connectivity index (χ4v) is 1.20. The molecule has 0 aliphatic carbocycles. The fourth-order valence-electron chi connectivity index (χ4n) is 1.20. The smallest absolute Gasteiger partial charge is 0.310 e. The molecular weight excluding hydrogens is 196 g/mol. The summed E-state index contributed by atoms with van der Waals surface area (Å²) in [6.45, 7) is 0.245. The van der Waals surface area contributed by atoms with Crippen LogP contribution in [-0.2, 0) is 6.61 Å². The highest BCUT2D eigenvalue weighted by atomic mass is 16.5. The van der Waals surface area contributed by atoms with Gasteiger partial charge in [-0.1, -0.05) is 30.3 Å². The molecule has 0 fully saturated rings. The Bertz CT molecular complexity index is 487. The minimum absolute atomic E-state index is 0.0844. The summed E-state index contributed by atoms with van der Waals surface area (Å²) in [4.78, 5) is 11.1. The molecule has 0 spiro atoms. The molecule has 15 heavy (non-hydrogen) atoms. The highest BCUT2D eigenvalue weighted by molar-refractivity contribution is 5.29. The van der Waals surface area contributed by atoms with Crippen LogP contribution in [0.2, 0.25) is 0 Å². The molecule has 0 unspecified atom stereocenters. The number of benzene rings is 1. The number of hydrogen-bond donors (Lipinski definition) is 3. The SMILES string of the molecule is O=c1[nH][nH]c(O)c1OCc1ccccc1. The van der Waals surface area contributed by atoms with E-state index in [1.807, 2.05) is 30.3 Å². The first-order valence-electron chi connectivity index (χ1n) is 4.43. The zero-order valence-electron chi connectivity index (χ0n) is 7.86. The monoisotopic (exact) mass is 206 g/mol. The van der Waals surface area contributed by atoms with E-state index in [4.69, 9.17) is 4.74 Å². The number of nitrogens with one attached hydrogen (secondary N) is 2. The van der Waals surface area contributed by atoms with Gasteiger partial charge in [0.2, 0.25) is 5.75 Å². The molecule has 78 valence electrons. The summed E-state index contributed by atoms with van der Waals surface area (Å²) in [6.07, 6.45) is 0. The third-order valence-electron chi connectivity index (χ3n) is 1.94. The van der Waals surface area contributed by atoms with Crippen LogP contribution < -0.4 is 10.3 Å². The topological polar surface area (TPSA) is 78.1 Å². The lowest BCUT2D eigenvalue weighted by Crippen LogP contribution is -2.05. The van der Waals surface area contributed by atoms with Crippen LogP contribution in [0.3, 0.4) is 0 Å². The molecule has 5 nitrogen and oxygen atoms in total. The number of H-pyrrole nitrogens is 2. The largest absolute Gasteiger partial charge is 0.491 e. The van der Waals surface area contributed by atoms with Crippen LogP contribution in [0.1, 0.15) is 5.56 Å². The van der Waals surface area contributed by atoms with E-state index in [0.29, 0.717) is 0 Å². The van der Waals surface area contributed by atoms with Gasteiger partial charge < -0.3 is 9.84 Å². The van der Waals surface area contributed by atoms with Crippen molar-refractivity contribution in [2.45, 2.75) is 6.61 Å². The van der Waals surface area contributed by atoms with Gasteiger partial charge in [0.15, 0.2) is 0 Å². The van der Waals surface area contributed by atoms with Crippen molar-refractivity contribution in [3.05, 3.63) is 46.2 Å². The van der Waals surface area contributed by atoms with E-state index >= 15 is 0 Å². The predicted molar refractivity (Wildman–Crippen MR) is 53.9 cm³/mol. The Balaban J connectivity index is 2.09. The summed E-state index contributed by atoms with van der Waals surface area (Å²) >= 11 is 0. The van der Waals surface area contributed by atoms with Crippen molar-refractivity contribution in [2.75, 3.05) is 0 Å². The number of hydrogen-bond acceptors (Lipinski definition) is 3. The second-order valence-corrected chi connectivity index (χ2v) is 3.03. The second kappa shape index (κ2) is 3.91. The molecule has 2 aromatic rings. The van der Waals surface area contributed by atoms with Gasteiger partial charge in [0, 0.05) is 0 Å². The van der Waals surface area contributed by atoms with E-state index in [9.17, 15) is 9.90 Å². The summed E-state index contributed by atoms with van der Waals surface area (Å²) < 4.78 is 5.17. The summed E-state index contributed by atoms with van der Waals surface area (Å²) in [5.74, 6) is -0.366. The van der Waals surface area contributed by atoms with Crippen LogP contribution in [0.4, 0.5) is 0 Å². The molecular formula is C10H10N2O3. The minimum Gasteiger partial charge on any atom is -0.491 e. The number of ether oxygens (including phenoxy) is 1. The van der Waals surface area contributed by atoms with Crippen molar-refractivity contribution in [3.63, 3.8) is 0 Å². The van der Waals surface area contributed by atoms with Gasteiger partial charge in [0.05, 0.1) is 0 Å². The fraction of sp³-hybridized carbons (Fsp3) is 0.100. The van der Waals surface area contributed by atoms with E-state index in [1.165, 1.54) is 0 Å². The van der Waals surface area contributed by atoms with Crippen molar-refractivity contribution < 1.29 is 9.84 Å². The van der Waals surface area contributed by atoms with Gasteiger partial charge >= 0.3 is 5.56 Å². The van der Waals surface area contributed by atoms with E-state index < -0.39 is 5.56 Å². The number of aromatic amines is 2. The van der Waals surface area contributed by atoms with Gasteiger partial charge in [-0.3, -0.25) is 15.0 Å². The van der Waals surface area contributed by atoms with Gasteiger partial charge in [-0.05, 0) is 5.56 Å². The Morgan fingerprint density at radius 1 is 1.20 bits per heavy atom. The van der Waals surface area contributed by atoms with Crippen molar-refractivity contribution in [1.29, 1.82) is 0 Å². The van der Waals surface area contributed by atoms with Crippen LogP contribution >= 0.6 is 0 Å². The lowest BCUT2D eigenvalue weighted by molar-refractivity contribution is 0.285. The third kappa shape index (κ3) is 2.01. The molecule has 0 aliphatic rings. The molecule has 1 aromatic heterocycles. The predicted octanol–water partition coefficient (Wildman–Crippen LogP) is 0.988. The van der Waals surface area contributed by atoms with Crippen molar-refractivity contribution >= 4 is 0 Å². The standard InChI is InChI=1S/C10H10N2O3/c13-9-8(10(14)12-11-9)15-6-7-4-2-1-3-5-7/h1-5H,6H2,(H3,11,12,13,14). The average molecular weight is 206 g/mol. The Hall–Kier alpha value is -2.17. The first-order chi connectivity index (χ1) is 7.27. The second-order valence-electron chi connectivity index (χ2n) is 3.03. The number of rotatable bonds is 3. The third-order valence-corrected chi connectivity index (χ3v) is 1.94. The van der Waals surface area contributed by atoms with Gasteiger partial charge in [0.1, 0.15) is 6.61 Å². The Labute approximate surface area is 85.3 Å². The van der Waals surface area contributed by atoms with E-state index in [1.54, 1.807) is 0 Å². The Morgan fingerprint density at radius 3 is 2.53 bits per heavy atom. The van der Waals surface area contributed by atoms with E-state index in [0.717, 1.165) is 5.56 Å². The molecule has 0 amide bonds. The van der Waals surface area contributed by atoms with Crippen LogP contribution in [0.5, 0.6) is 11.6 Å². The summed E-state index contributed by atoms with van der Waals surface area (Å²) in [6, 6.07) is 9.39. The number of aromatic hydroxyl groups is 1. The zero-order valence-corrected chi connectivity index (χ0v) is 7.86. The quantitative estimate of drug-likeness (QED) is 0.700. The average Bonchev–Trinajstić information content (AvgIpc) is 2.58. The first kappa shape index (κ1) is 9.39. The molecule has 0 atom stereocenters. The van der Waals surface area contributed by atoms with Gasteiger partial charge in [-0.2, -0.15) is 0 Å².